The van der Waals surface area contributed by atoms with Gasteiger partial charge in [-0.15, -0.1) is 0 Å². The Bertz CT molecular complexity index is 522. The van der Waals surface area contributed by atoms with Gasteiger partial charge >= 0.3 is 5.97 Å². The average Bonchev–Trinajstić information content (AvgIpc) is 2.82. The first kappa shape index (κ1) is 17.5. The summed E-state index contributed by atoms with van der Waals surface area (Å²) in [5.74, 6) is -0.887. The van der Waals surface area contributed by atoms with Crippen LogP contribution in [0.4, 0.5) is 5.13 Å². The van der Waals surface area contributed by atoms with Gasteiger partial charge in [-0.2, -0.15) is 0 Å². The molecule has 8 heteroatoms. The van der Waals surface area contributed by atoms with Crippen LogP contribution in [0.2, 0.25) is 0 Å². The van der Waals surface area contributed by atoms with Gasteiger partial charge in [0.25, 0.3) is 0 Å². The van der Waals surface area contributed by atoms with Gasteiger partial charge in [0.2, 0.25) is 5.91 Å². The van der Waals surface area contributed by atoms with Crippen molar-refractivity contribution in [2.45, 2.75) is 32.2 Å². The van der Waals surface area contributed by atoms with Gasteiger partial charge in [0.05, 0.1) is 19.4 Å². The molecule has 1 atom stereocenters. The Kier molecular flexibility index (Phi) is 5.82. The first-order chi connectivity index (χ1) is 9.70. The molecule has 3 N–H and O–H groups in total. The summed E-state index contributed by atoms with van der Waals surface area (Å²) in [7, 11) is 2.77. The van der Waals surface area contributed by atoms with Crippen molar-refractivity contribution in [2.75, 3.05) is 26.1 Å². The Balaban J connectivity index is 3.03. The summed E-state index contributed by atoms with van der Waals surface area (Å²) < 4.78 is 9.57. The molecule has 0 radical (unpaired) electrons. The quantitative estimate of drug-likeness (QED) is 0.790. The molecular formula is C13H21N3O4S. The lowest BCUT2D eigenvalue weighted by atomic mass is 9.91. The number of thiazole rings is 1. The van der Waals surface area contributed by atoms with Crippen molar-refractivity contribution in [3.8, 4) is 0 Å². The molecule has 118 valence electrons. The van der Waals surface area contributed by atoms with Crippen LogP contribution in [0.15, 0.2) is 0 Å². The van der Waals surface area contributed by atoms with Crippen LogP contribution in [-0.2, 0) is 19.7 Å². The third-order valence-corrected chi connectivity index (χ3v) is 3.57. The van der Waals surface area contributed by atoms with E-state index in [2.05, 4.69) is 10.3 Å². The molecular weight excluding hydrogens is 294 g/mol. The molecule has 0 spiro atoms. The fraction of sp³-hybridized carbons (Fsp3) is 0.615. The van der Waals surface area contributed by atoms with Gasteiger partial charge in [-0.25, -0.2) is 9.78 Å². The zero-order chi connectivity index (χ0) is 16.2. The Labute approximate surface area is 127 Å². The number of carbonyl (C=O) groups is 2. The minimum atomic E-state index is -0.793. The van der Waals surface area contributed by atoms with Gasteiger partial charge in [-0.1, -0.05) is 32.1 Å². The van der Waals surface area contributed by atoms with Crippen molar-refractivity contribution in [3.05, 3.63) is 10.6 Å². The zero-order valence-corrected chi connectivity index (χ0v) is 13.7. The molecule has 1 rings (SSSR count). The maximum atomic E-state index is 11.8. The van der Waals surface area contributed by atoms with Gasteiger partial charge in [-0.3, -0.25) is 4.79 Å². The summed E-state index contributed by atoms with van der Waals surface area (Å²) >= 11 is 1.07. The van der Waals surface area contributed by atoms with Crippen LogP contribution in [0, 0.1) is 0 Å². The minimum absolute atomic E-state index is 0.104. The highest BCUT2D eigenvalue weighted by molar-refractivity contribution is 7.17. The standard InChI is InChI=1S/C13H21N3O4S/c1-13(2,3)9-8(11(18)20-5)21-12(15-9)16-10(17)7(14)6-19-4/h7H,6,14H2,1-5H3,(H,15,16,17). The SMILES string of the molecule is COCC(N)C(=O)Nc1nc(C(C)(C)C)c(C(=O)OC)s1. The summed E-state index contributed by atoms with van der Waals surface area (Å²) in [6.45, 7) is 5.89. The van der Waals surface area contributed by atoms with Crippen molar-refractivity contribution >= 4 is 28.3 Å². The Morgan fingerprint density at radius 1 is 1.38 bits per heavy atom. The van der Waals surface area contributed by atoms with E-state index in [9.17, 15) is 9.59 Å². The van der Waals surface area contributed by atoms with Gasteiger partial charge < -0.3 is 20.5 Å². The van der Waals surface area contributed by atoms with Crippen molar-refractivity contribution in [1.82, 2.24) is 4.98 Å². The van der Waals surface area contributed by atoms with E-state index in [1.54, 1.807) is 0 Å². The van der Waals surface area contributed by atoms with Crippen LogP contribution in [-0.4, -0.2) is 43.7 Å². The zero-order valence-electron chi connectivity index (χ0n) is 12.9. The lowest BCUT2D eigenvalue weighted by Gasteiger charge is -2.16. The highest BCUT2D eigenvalue weighted by atomic mass is 32.1. The average molecular weight is 315 g/mol. The number of rotatable bonds is 5. The summed E-state index contributed by atoms with van der Waals surface area (Å²) in [5.41, 5.74) is 5.87. The largest absolute Gasteiger partial charge is 0.465 e. The molecule has 1 heterocycles. The van der Waals surface area contributed by atoms with Gasteiger partial charge in [0.1, 0.15) is 10.9 Å². The number of nitrogens with two attached hydrogens (primary N) is 1. The monoisotopic (exact) mass is 315 g/mol. The van der Waals surface area contributed by atoms with Crippen molar-refractivity contribution in [2.24, 2.45) is 5.73 Å². The van der Waals surface area contributed by atoms with Crippen LogP contribution in [0.5, 0.6) is 0 Å². The molecule has 7 nitrogen and oxygen atoms in total. The Hall–Kier alpha value is -1.51. The van der Waals surface area contributed by atoms with Crippen molar-refractivity contribution < 1.29 is 19.1 Å². The number of nitrogens with zero attached hydrogens (tertiary/aromatic N) is 1. The van der Waals surface area contributed by atoms with E-state index in [1.807, 2.05) is 20.8 Å². The highest BCUT2D eigenvalue weighted by Crippen LogP contribution is 2.32. The van der Waals surface area contributed by atoms with Gasteiger partial charge in [0.15, 0.2) is 5.13 Å². The highest BCUT2D eigenvalue weighted by Gasteiger charge is 2.28. The summed E-state index contributed by atoms with van der Waals surface area (Å²) in [5, 5.41) is 2.91. The van der Waals surface area contributed by atoms with E-state index in [-0.39, 0.29) is 12.0 Å². The normalized spacial score (nSPS) is 12.9. The molecule has 1 unspecified atom stereocenters. The molecule has 0 aromatic carbocycles. The second-order valence-corrected chi connectivity index (χ2v) is 6.49. The number of carbonyl (C=O) groups excluding carboxylic acids is 2. The second kappa shape index (κ2) is 6.97. The number of hydrogen-bond donors (Lipinski definition) is 2. The fourth-order valence-electron chi connectivity index (χ4n) is 1.57. The molecule has 1 aromatic heterocycles. The third kappa shape index (κ3) is 4.48. The maximum Gasteiger partial charge on any atom is 0.350 e. The second-order valence-electron chi connectivity index (χ2n) is 5.49. The third-order valence-electron chi connectivity index (χ3n) is 2.62. The van der Waals surface area contributed by atoms with E-state index >= 15 is 0 Å². The number of esters is 1. The van der Waals surface area contributed by atoms with E-state index in [1.165, 1.54) is 14.2 Å². The summed E-state index contributed by atoms with van der Waals surface area (Å²) in [6, 6.07) is -0.793. The lowest BCUT2D eigenvalue weighted by Crippen LogP contribution is -2.39. The number of aromatic nitrogens is 1. The summed E-state index contributed by atoms with van der Waals surface area (Å²) in [4.78, 5) is 28.4. The van der Waals surface area contributed by atoms with Crippen LogP contribution < -0.4 is 11.1 Å². The Morgan fingerprint density at radius 2 is 2.00 bits per heavy atom. The molecule has 0 aliphatic carbocycles. The van der Waals surface area contributed by atoms with E-state index in [4.69, 9.17) is 15.2 Å². The summed E-state index contributed by atoms with van der Waals surface area (Å²) in [6.07, 6.45) is 0. The first-order valence-corrected chi connectivity index (χ1v) is 7.17. The topological polar surface area (TPSA) is 104 Å². The van der Waals surface area contributed by atoms with Crippen LogP contribution in [0.25, 0.3) is 0 Å². The smallest absolute Gasteiger partial charge is 0.350 e. The number of amides is 1. The Morgan fingerprint density at radius 3 is 2.48 bits per heavy atom. The van der Waals surface area contributed by atoms with Gasteiger partial charge in [0, 0.05) is 12.5 Å². The molecule has 0 aliphatic rings. The molecule has 1 aromatic rings. The van der Waals surface area contributed by atoms with Crippen LogP contribution in [0.1, 0.15) is 36.1 Å². The predicted octanol–water partition coefficient (Wildman–Crippen LogP) is 1.14. The fourth-order valence-corrected chi connectivity index (χ4v) is 2.66. The first-order valence-electron chi connectivity index (χ1n) is 6.35. The number of anilines is 1. The number of hydrogen-bond acceptors (Lipinski definition) is 7. The molecule has 0 saturated carbocycles. The minimum Gasteiger partial charge on any atom is -0.465 e. The molecule has 1 amide bonds. The van der Waals surface area contributed by atoms with E-state index in [0.717, 1.165) is 11.3 Å². The van der Waals surface area contributed by atoms with Crippen LogP contribution in [0.3, 0.4) is 0 Å². The number of ether oxygens (including phenoxy) is 2. The molecule has 0 aliphatic heterocycles. The number of methoxy groups -OCH3 is 2. The number of nitrogens with one attached hydrogen (secondary N) is 1. The van der Waals surface area contributed by atoms with Gasteiger partial charge in [-0.05, 0) is 0 Å². The van der Waals surface area contributed by atoms with Crippen molar-refractivity contribution in [3.63, 3.8) is 0 Å². The van der Waals surface area contributed by atoms with E-state index < -0.39 is 17.9 Å². The van der Waals surface area contributed by atoms with Crippen LogP contribution >= 0.6 is 11.3 Å². The predicted molar refractivity (Wildman–Crippen MR) is 80.6 cm³/mol. The van der Waals surface area contributed by atoms with Crippen molar-refractivity contribution in [1.29, 1.82) is 0 Å². The van der Waals surface area contributed by atoms with E-state index in [0.29, 0.717) is 15.7 Å². The lowest BCUT2D eigenvalue weighted by molar-refractivity contribution is -0.118. The molecule has 0 saturated heterocycles. The molecule has 0 bridgehead atoms. The maximum absolute atomic E-state index is 11.8. The molecule has 0 fully saturated rings. The molecule has 21 heavy (non-hydrogen) atoms.